The van der Waals surface area contributed by atoms with E-state index in [-0.39, 0.29) is 11.2 Å². The van der Waals surface area contributed by atoms with Crippen LogP contribution in [0.25, 0.3) is 0 Å². The topological polar surface area (TPSA) is 84.0 Å². The van der Waals surface area contributed by atoms with E-state index in [0.717, 1.165) is 18.2 Å². The molecule has 1 aromatic heterocycles. The van der Waals surface area contributed by atoms with Crippen LogP contribution in [0.1, 0.15) is 33.5 Å². The van der Waals surface area contributed by atoms with Crippen molar-refractivity contribution >= 4 is 21.5 Å². The molecule has 7 heteroatoms. The first-order valence-corrected chi connectivity index (χ1v) is 8.73. The van der Waals surface area contributed by atoms with Crippen LogP contribution in [0.3, 0.4) is 0 Å². The number of hydrogen-bond donors (Lipinski definition) is 2. The summed E-state index contributed by atoms with van der Waals surface area (Å²) in [5.41, 5.74) is -0.168. The maximum Gasteiger partial charge on any atom is 0.149 e. The van der Waals surface area contributed by atoms with Crippen LogP contribution in [0, 0.1) is 0 Å². The number of nitrogens with zero attached hydrogens (tertiary/aromatic N) is 2. The Labute approximate surface area is 121 Å². The van der Waals surface area contributed by atoms with E-state index in [1.54, 1.807) is 6.07 Å². The highest BCUT2D eigenvalue weighted by molar-refractivity contribution is 7.90. The molecule has 1 heterocycles. The molecule has 0 unspecified atom stereocenters. The average Bonchev–Trinajstić information content (AvgIpc) is 2.26. The standard InChI is InChI=1S/C13H24N4O2S/c1-6-14-10-9-11(15-7-8-20(5,18)19)17-12(16-10)13(2,3)4/h9H,6-8H2,1-5H3,(H2,14,15,16,17). The van der Waals surface area contributed by atoms with E-state index in [1.165, 1.54) is 6.26 Å². The van der Waals surface area contributed by atoms with Crippen molar-refractivity contribution in [2.45, 2.75) is 33.1 Å². The fraction of sp³-hybridized carbons (Fsp3) is 0.692. The lowest BCUT2D eigenvalue weighted by molar-refractivity contribution is 0.546. The van der Waals surface area contributed by atoms with Crippen molar-refractivity contribution in [2.75, 3.05) is 35.7 Å². The van der Waals surface area contributed by atoms with E-state index in [4.69, 9.17) is 0 Å². The van der Waals surface area contributed by atoms with Crippen LogP contribution in [0.4, 0.5) is 11.6 Å². The Balaban J connectivity index is 2.91. The Morgan fingerprint density at radius 2 is 1.70 bits per heavy atom. The average molecular weight is 300 g/mol. The van der Waals surface area contributed by atoms with Gasteiger partial charge in [-0.3, -0.25) is 0 Å². The second kappa shape index (κ2) is 6.39. The molecule has 0 aliphatic heterocycles. The number of aromatic nitrogens is 2. The molecule has 1 rings (SSSR count). The van der Waals surface area contributed by atoms with Crippen LogP contribution in [-0.2, 0) is 15.3 Å². The summed E-state index contributed by atoms with van der Waals surface area (Å²) in [6.07, 6.45) is 1.22. The SMILES string of the molecule is CCNc1cc(NCCS(C)(=O)=O)nc(C(C)(C)C)n1. The summed E-state index contributed by atoms with van der Waals surface area (Å²) in [5.74, 6) is 2.19. The highest BCUT2D eigenvalue weighted by Crippen LogP contribution is 2.22. The summed E-state index contributed by atoms with van der Waals surface area (Å²) in [6.45, 7) is 9.22. The van der Waals surface area contributed by atoms with Crippen LogP contribution >= 0.6 is 0 Å². The number of sulfone groups is 1. The summed E-state index contributed by atoms with van der Waals surface area (Å²) >= 11 is 0. The van der Waals surface area contributed by atoms with Gasteiger partial charge in [0, 0.05) is 30.8 Å². The molecular formula is C13H24N4O2S. The molecule has 0 fully saturated rings. The van der Waals surface area contributed by atoms with Crippen LogP contribution in [0.15, 0.2) is 6.07 Å². The zero-order chi connectivity index (χ0) is 15.4. The molecule has 0 aromatic carbocycles. The number of hydrogen-bond acceptors (Lipinski definition) is 6. The highest BCUT2D eigenvalue weighted by atomic mass is 32.2. The van der Waals surface area contributed by atoms with Crippen LogP contribution < -0.4 is 10.6 Å². The minimum absolute atomic E-state index is 0.0817. The Bertz CT molecular complexity index is 550. The van der Waals surface area contributed by atoms with Crippen molar-refractivity contribution < 1.29 is 8.42 Å². The summed E-state index contributed by atoms with van der Waals surface area (Å²) in [6, 6.07) is 1.79. The lowest BCUT2D eigenvalue weighted by Gasteiger charge is -2.19. The van der Waals surface area contributed by atoms with E-state index in [0.29, 0.717) is 12.4 Å². The molecule has 0 spiro atoms. The summed E-state index contributed by atoms with van der Waals surface area (Å²) in [5, 5.41) is 6.20. The maximum atomic E-state index is 11.1. The van der Waals surface area contributed by atoms with Gasteiger partial charge in [0.1, 0.15) is 27.3 Å². The van der Waals surface area contributed by atoms with Gasteiger partial charge in [0.05, 0.1) is 5.75 Å². The third-order valence-electron chi connectivity index (χ3n) is 2.53. The minimum Gasteiger partial charge on any atom is -0.370 e. The molecule has 0 radical (unpaired) electrons. The summed E-state index contributed by atoms with van der Waals surface area (Å²) in [7, 11) is -2.97. The first-order chi connectivity index (χ1) is 9.12. The van der Waals surface area contributed by atoms with Gasteiger partial charge in [0.2, 0.25) is 0 Å². The molecule has 6 nitrogen and oxygen atoms in total. The van der Waals surface area contributed by atoms with Crippen molar-refractivity contribution in [2.24, 2.45) is 0 Å². The van der Waals surface area contributed by atoms with Crippen LogP contribution in [0.2, 0.25) is 0 Å². The largest absolute Gasteiger partial charge is 0.370 e. The van der Waals surface area contributed by atoms with Gasteiger partial charge in [0.15, 0.2) is 0 Å². The molecule has 2 N–H and O–H groups in total. The Morgan fingerprint density at radius 3 is 2.15 bits per heavy atom. The molecule has 0 amide bonds. The zero-order valence-corrected chi connectivity index (χ0v) is 13.6. The molecule has 0 atom stereocenters. The van der Waals surface area contributed by atoms with Gasteiger partial charge in [-0.15, -0.1) is 0 Å². The van der Waals surface area contributed by atoms with Gasteiger partial charge < -0.3 is 10.6 Å². The van der Waals surface area contributed by atoms with E-state index in [2.05, 4.69) is 20.6 Å². The van der Waals surface area contributed by atoms with E-state index >= 15 is 0 Å². The van der Waals surface area contributed by atoms with Crippen molar-refractivity contribution in [1.29, 1.82) is 0 Å². The summed E-state index contributed by atoms with van der Waals surface area (Å²) < 4.78 is 22.3. The van der Waals surface area contributed by atoms with Crippen molar-refractivity contribution in [3.05, 3.63) is 11.9 Å². The predicted molar refractivity (Wildman–Crippen MR) is 83.1 cm³/mol. The van der Waals surface area contributed by atoms with E-state index in [9.17, 15) is 8.42 Å². The molecule has 0 bridgehead atoms. The predicted octanol–water partition coefficient (Wildman–Crippen LogP) is 1.66. The molecule has 0 aliphatic carbocycles. The number of nitrogens with one attached hydrogen (secondary N) is 2. The first-order valence-electron chi connectivity index (χ1n) is 6.67. The quantitative estimate of drug-likeness (QED) is 0.831. The first kappa shape index (κ1) is 16.7. The summed E-state index contributed by atoms with van der Waals surface area (Å²) in [4.78, 5) is 8.92. The van der Waals surface area contributed by atoms with Crippen LogP contribution in [0.5, 0.6) is 0 Å². The second-order valence-corrected chi connectivity index (χ2v) is 8.06. The van der Waals surface area contributed by atoms with E-state index in [1.807, 2.05) is 27.7 Å². The van der Waals surface area contributed by atoms with Gasteiger partial charge in [0.25, 0.3) is 0 Å². The molecule has 0 saturated carbocycles. The maximum absolute atomic E-state index is 11.1. The van der Waals surface area contributed by atoms with Gasteiger partial charge in [-0.05, 0) is 6.92 Å². The third-order valence-corrected chi connectivity index (χ3v) is 3.48. The zero-order valence-electron chi connectivity index (χ0n) is 12.8. The molecule has 1 aromatic rings. The lowest BCUT2D eigenvalue weighted by Crippen LogP contribution is -2.20. The smallest absolute Gasteiger partial charge is 0.149 e. The monoisotopic (exact) mass is 300 g/mol. The van der Waals surface area contributed by atoms with Crippen molar-refractivity contribution in [1.82, 2.24) is 9.97 Å². The van der Waals surface area contributed by atoms with E-state index < -0.39 is 9.84 Å². The van der Waals surface area contributed by atoms with Crippen molar-refractivity contribution in [3.8, 4) is 0 Å². The number of rotatable bonds is 6. The van der Waals surface area contributed by atoms with Gasteiger partial charge >= 0.3 is 0 Å². The third kappa shape index (κ3) is 5.73. The highest BCUT2D eigenvalue weighted by Gasteiger charge is 2.19. The van der Waals surface area contributed by atoms with Gasteiger partial charge in [-0.1, -0.05) is 20.8 Å². The lowest BCUT2D eigenvalue weighted by atomic mass is 9.96. The molecular weight excluding hydrogens is 276 g/mol. The van der Waals surface area contributed by atoms with Crippen LogP contribution in [-0.4, -0.2) is 43.5 Å². The fourth-order valence-corrected chi connectivity index (χ4v) is 1.98. The molecule has 0 saturated heterocycles. The van der Waals surface area contributed by atoms with Gasteiger partial charge in [-0.25, -0.2) is 18.4 Å². The normalized spacial score (nSPS) is 12.2. The minimum atomic E-state index is -2.97. The Morgan fingerprint density at radius 1 is 1.15 bits per heavy atom. The van der Waals surface area contributed by atoms with Gasteiger partial charge in [-0.2, -0.15) is 0 Å². The molecule has 20 heavy (non-hydrogen) atoms. The Kier molecular flexibility index (Phi) is 5.33. The fourth-order valence-electron chi connectivity index (χ4n) is 1.51. The second-order valence-electron chi connectivity index (χ2n) is 5.80. The Hall–Kier alpha value is -1.37. The molecule has 114 valence electrons. The van der Waals surface area contributed by atoms with Crippen molar-refractivity contribution in [3.63, 3.8) is 0 Å². The number of anilines is 2. The molecule has 0 aliphatic rings.